The van der Waals surface area contributed by atoms with E-state index in [0.29, 0.717) is 46.2 Å². The molecule has 6 nitrogen and oxygen atoms in total. The standard InChI is InChI=1S/C23H31NO5S2/c1-16(2)11-13-29-18-10-9-17(14-19(18)27-3)15-20-22(26)24(23(30)31-20)12-7-5-6-8-21(25)28-4/h9-10,14-16H,5-8,11-13H2,1-4H3/b20-15+. The third-order valence-corrected chi connectivity index (χ3v) is 6.18. The highest BCUT2D eigenvalue weighted by Gasteiger charge is 2.31. The van der Waals surface area contributed by atoms with Crippen LogP contribution in [0.4, 0.5) is 0 Å². The Morgan fingerprint density at radius 2 is 1.97 bits per heavy atom. The lowest BCUT2D eigenvalue weighted by Crippen LogP contribution is -2.29. The van der Waals surface area contributed by atoms with E-state index in [1.165, 1.54) is 18.9 Å². The van der Waals surface area contributed by atoms with Crippen LogP contribution in [0.3, 0.4) is 0 Å². The van der Waals surface area contributed by atoms with Gasteiger partial charge in [-0.25, -0.2) is 0 Å². The third-order valence-electron chi connectivity index (χ3n) is 4.80. The first-order chi connectivity index (χ1) is 14.8. The first-order valence-corrected chi connectivity index (χ1v) is 11.7. The van der Waals surface area contributed by atoms with Crippen LogP contribution in [-0.4, -0.2) is 48.5 Å². The summed E-state index contributed by atoms with van der Waals surface area (Å²) in [5.41, 5.74) is 0.853. The Bertz CT molecular complexity index is 822. The summed E-state index contributed by atoms with van der Waals surface area (Å²) in [6.45, 7) is 5.49. The number of esters is 1. The highest BCUT2D eigenvalue weighted by molar-refractivity contribution is 8.26. The molecule has 0 aliphatic carbocycles. The summed E-state index contributed by atoms with van der Waals surface area (Å²) in [6, 6.07) is 5.64. The van der Waals surface area contributed by atoms with Crippen LogP contribution in [0.15, 0.2) is 23.1 Å². The van der Waals surface area contributed by atoms with Crippen LogP contribution in [0.2, 0.25) is 0 Å². The number of carbonyl (C=O) groups is 2. The molecule has 1 aromatic rings. The number of nitrogens with zero attached hydrogens (tertiary/aromatic N) is 1. The average Bonchev–Trinajstić information content (AvgIpc) is 3.00. The number of hydrogen-bond acceptors (Lipinski definition) is 7. The minimum Gasteiger partial charge on any atom is -0.493 e. The number of hydrogen-bond donors (Lipinski definition) is 0. The highest BCUT2D eigenvalue weighted by Crippen LogP contribution is 2.35. The quantitative estimate of drug-likeness (QED) is 0.185. The van der Waals surface area contributed by atoms with Crippen LogP contribution < -0.4 is 9.47 Å². The zero-order valence-corrected chi connectivity index (χ0v) is 20.3. The molecular formula is C23H31NO5S2. The number of rotatable bonds is 12. The zero-order valence-electron chi connectivity index (χ0n) is 18.6. The van der Waals surface area contributed by atoms with E-state index in [2.05, 4.69) is 18.6 Å². The predicted octanol–water partition coefficient (Wildman–Crippen LogP) is 5.05. The molecule has 0 unspecified atom stereocenters. The van der Waals surface area contributed by atoms with Crippen LogP contribution in [0.1, 0.15) is 51.5 Å². The minimum absolute atomic E-state index is 0.0841. The monoisotopic (exact) mass is 465 g/mol. The van der Waals surface area contributed by atoms with Gasteiger partial charge in [0.05, 0.1) is 25.7 Å². The van der Waals surface area contributed by atoms with Crippen LogP contribution in [0.25, 0.3) is 6.08 Å². The van der Waals surface area contributed by atoms with E-state index >= 15 is 0 Å². The number of benzene rings is 1. The van der Waals surface area contributed by atoms with Crippen LogP contribution in [-0.2, 0) is 14.3 Å². The van der Waals surface area contributed by atoms with E-state index in [1.807, 2.05) is 24.3 Å². The van der Waals surface area contributed by atoms with E-state index in [1.54, 1.807) is 12.0 Å². The second-order valence-electron chi connectivity index (χ2n) is 7.66. The van der Waals surface area contributed by atoms with Crippen molar-refractivity contribution < 1.29 is 23.8 Å². The number of unbranched alkanes of at least 4 members (excludes halogenated alkanes) is 2. The SMILES string of the molecule is COC(=O)CCCCCN1C(=O)/C(=C\c2ccc(OCCC(C)C)c(OC)c2)SC1=S. The second kappa shape index (κ2) is 12.7. The van der Waals surface area contributed by atoms with Gasteiger partial charge in [-0.1, -0.05) is 50.3 Å². The van der Waals surface area contributed by atoms with Crippen LogP contribution >= 0.6 is 24.0 Å². The van der Waals surface area contributed by atoms with Gasteiger partial charge >= 0.3 is 5.97 Å². The summed E-state index contributed by atoms with van der Waals surface area (Å²) < 4.78 is 16.5. The first kappa shape index (κ1) is 25.2. The zero-order chi connectivity index (χ0) is 22.8. The Balaban J connectivity index is 1.96. The molecule has 1 amide bonds. The van der Waals surface area contributed by atoms with E-state index < -0.39 is 0 Å². The Morgan fingerprint density at radius 1 is 1.19 bits per heavy atom. The molecule has 1 fully saturated rings. The molecule has 1 aliphatic heterocycles. The normalized spacial score (nSPS) is 15.1. The fourth-order valence-corrected chi connectivity index (χ4v) is 4.27. The molecule has 0 saturated carbocycles. The van der Waals surface area contributed by atoms with Crippen molar-refractivity contribution in [2.45, 2.75) is 46.0 Å². The molecule has 0 spiro atoms. The van der Waals surface area contributed by atoms with Crippen LogP contribution in [0, 0.1) is 5.92 Å². The van der Waals surface area contributed by atoms with Crippen molar-refractivity contribution in [2.75, 3.05) is 27.4 Å². The lowest BCUT2D eigenvalue weighted by molar-refractivity contribution is -0.140. The molecular weight excluding hydrogens is 434 g/mol. The molecule has 31 heavy (non-hydrogen) atoms. The van der Waals surface area contributed by atoms with Crippen molar-refractivity contribution in [3.05, 3.63) is 28.7 Å². The molecule has 170 valence electrons. The topological polar surface area (TPSA) is 65.1 Å². The van der Waals surface area contributed by atoms with E-state index in [0.717, 1.165) is 31.2 Å². The number of thiocarbonyl (C=S) groups is 1. The van der Waals surface area contributed by atoms with Crippen molar-refractivity contribution in [3.8, 4) is 11.5 Å². The van der Waals surface area contributed by atoms with Gasteiger partial charge < -0.3 is 14.2 Å². The van der Waals surface area contributed by atoms with Crippen molar-refractivity contribution >= 4 is 46.3 Å². The van der Waals surface area contributed by atoms with Gasteiger partial charge in [0, 0.05) is 13.0 Å². The van der Waals surface area contributed by atoms with Gasteiger partial charge in [0.2, 0.25) is 0 Å². The van der Waals surface area contributed by atoms with Gasteiger partial charge in [-0.05, 0) is 49.0 Å². The number of carbonyl (C=O) groups excluding carboxylic acids is 2. The van der Waals surface area contributed by atoms with E-state index in [4.69, 9.17) is 21.7 Å². The van der Waals surface area contributed by atoms with Gasteiger partial charge in [-0.15, -0.1) is 0 Å². The second-order valence-corrected chi connectivity index (χ2v) is 9.34. The number of ether oxygens (including phenoxy) is 3. The predicted molar refractivity (Wildman–Crippen MR) is 128 cm³/mol. The van der Waals surface area contributed by atoms with Gasteiger partial charge in [0.1, 0.15) is 4.32 Å². The summed E-state index contributed by atoms with van der Waals surface area (Å²) in [6.07, 6.45) is 5.55. The van der Waals surface area contributed by atoms with Gasteiger partial charge in [0.15, 0.2) is 11.5 Å². The van der Waals surface area contributed by atoms with Crippen molar-refractivity contribution in [3.63, 3.8) is 0 Å². The molecule has 1 aromatic carbocycles. The Morgan fingerprint density at radius 3 is 2.65 bits per heavy atom. The van der Waals surface area contributed by atoms with E-state index in [-0.39, 0.29) is 11.9 Å². The number of thioether (sulfide) groups is 1. The molecule has 2 rings (SSSR count). The Labute approximate surface area is 194 Å². The summed E-state index contributed by atoms with van der Waals surface area (Å²) in [5, 5.41) is 0. The maximum Gasteiger partial charge on any atom is 0.305 e. The number of amides is 1. The molecule has 0 atom stereocenters. The minimum atomic E-state index is -0.208. The fraction of sp³-hybridized carbons (Fsp3) is 0.522. The Kier molecular flexibility index (Phi) is 10.3. The van der Waals surface area contributed by atoms with Crippen LogP contribution in [0.5, 0.6) is 11.5 Å². The summed E-state index contributed by atoms with van der Waals surface area (Å²) in [7, 11) is 2.99. The maximum absolute atomic E-state index is 12.8. The largest absolute Gasteiger partial charge is 0.493 e. The van der Waals surface area contributed by atoms with E-state index in [9.17, 15) is 9.59 Å². The third kappa shape index (κ3) is 7.85. The molecule has 0 radical (unpaired) electrons. The van der Waals surface area contributed by atoms with Gasteiger partial charge in [-0.3, -0.25) is 14.5 Å². The fourth-order valence-electron chi connectivity index (χ4n) is 2.96. The van der Waals surface area contributed by atoms with Crippen molar-refractivity contribution in [2.24, 2.45) is 5.92 Å². The molecule has 1 aliphatic rings. The average molecular weight is 466 g/mol. The summed E-state index contributed by atoms with van der Waals surface area (Å²) in [5.74, 6) is 1.61. The first-order valence-electron chi connectivity index (χ1n) is 10.5. The Hall–Kier alpha value is -2.06. The molecule has 1 heterocycles. The van der Waals surface area contributed by atoms with Gasteiger partial charge in [-0.2, -0.15) is 0 Å². The smallest absolute Gasteiger partial charge is 0.305 e. The maximum atomic E-state index is 12.8. The molecule has 8 heteroatoms. The molecule has 1 saturated heterocycles. The summed E-state index contributed by atoms with van der Waals surface area (Å²) in [4.78, 5) is 26.2. The highest BCUT2D eigenvalue weighted by atomic mass is 32.2. The molecule has 0 bridgehead atoms. The van der Waals surface area contributed by atoms with Gasteiger partial charge in [0.25, 0.3) is 5.91 Å². The molecule has 0 N–H and O–H groups in total. The lowest BCUT2D eigenvalue weighted by atomic mass is 10.1. The van der Waals surface area contributed by atoms with Crippen molar-refractivity contribution in [1.29, 1.82) is 0 Å². The summed E-state index contributed by atoms with van der Waals surface area (Å²) >= 11 is 6.70. The number of methoxy groups -OCH3 is 2. The molecule has 0 aromatic heterocycles. The lowest BCUT2D eigenvalue weighted by Gasteiger charge is -2.14. The van der Waals surface area contributed by atoms with Crippen molar-refractivity contribution in [1.82, 2.24) is 4.90 Å².